The summed E-state index contributed by atoms with van der Waals surface area (Å²) in [5.41, 5.74) is -5.19. The second-order valence-corrected chi connectivity index (χ2v) is 15.2. The van der Waals surface area contributed by atoms with Gasteiger partial charge in [0.25, 0.3) is 5.91 Å². The van der Waals surface area contributed by atoms with Crippen LogP contribution in [0.3, 0.4) is 0 Å². The predicted molar refractivity (Wildman–Crippen MR) is 193 cm³/mol. The number of aromatic nitrogens is 3. The van der Waals surface area contributed by atoms with Gasteiger partial charge in [-0.15, -0.1) is 23.5 Å². The number of phenols is 1. The van der Waals surface area contributed by atoms with E-state index < -0.39 is 16.9 Å². The molecule has 0 saturated heterocycles. The Morgan fingerprint density at radius 3 is 1.96 bits per heavy atom. The van der Waals surface area contributed by atoms with Gasteiger partial charge in [-0.05, 0) is 108 Å². The van der Waals surface area contributed by atoms with Crippen molar-refractivity contribution in [3.63, 3.8) is 0 Å². The number of hydrogen-bond acceptors (Lipinski definition) is 10. The molecule has 3 heterocycles. The molecule has 0 spiro atoms. The van der Waals surface area contributed by atoms with Crippen LogP contribution in [0.25, 0.3) is 22.7 Å². The number of amides is 1. The number of thioether (sulfide) groups is 4. The summed E-state index contributed by atoms with van der Waals surface area (Å²) >= 11 is 2.59. The number of pyridine rings is 2. The monoisotopic (exact) mass is 786 g/mol. The molecule has 0 saturated carbocycles. The minimum Gasteiger partial charge on any atom is -0.506 e. The summed E-state index contributed by atoms with van der Waals surface area (Å²) in [5.74, 6) is 1.02. The molecule has 51 heavy (non-hydrogen) atoms. The Bertz CT molecular complexity index is 1970. The average molecular weight is 787 g/mol. The number of phenolic OH excluding ortho intramolecular Hbond substituents is 1. The van der Waals surface area contributed by atoms with Crippen molar-refractivity contribution in [3.05, 3.63) is 77.7 Å². The largest absolute Gasteiger partial charge is 0.506 e. The number of fused-ring (bicyclic) bond motifs is 1. The van der Waals surface area contributed by atoms with Crippen LogP contribution in [0.2, 0.25) is 0 Å². The number of rotatable bonds is 11. The van der Waals surface area contributed by atoms with Crippen LogP contribution >= 0.6 is 47.0 Å². The molecule has 7 nitrogen and oxygen atoms in total. The Morgan fingerprint density at radius 1 is 0.784 bits per heavy atom. The molecule has 0 radical (unpaired) electrons. The molecule has 2 aromatic carbocycles. The lowest BCUT2D eigenvalue weighted by Gasteiger charge is -2.12. The highest BCUT2D eigenvalue weighted by Crippen LogP contribution is 2.41. The normalized spacial score (nSPS) is 11.7. The summed E-state index contributed by atoms with van der Waals surface area (Å²) in [6, 6.07) is 11.5. The number of aryl methyl sites for hydroxylation is 2. The van der Waals surface area contributed by atoms with Gasteiger partial charge in [0.1, 0.15) is 22.7 Å². The van der Waals surface area contributed by atoms with Crippen LogP contribution in [0.15, 0.2) is 84.9 Å². The predicted octanol–water partition coefficient (Wildman–Crippen LogP) is 11.5. The molecule has 2 N–H and O–H groups in total. The van der Waals surface area contributed by atoms with Gasteiger partial charge >= 0.3 is 11.0 Å². The van der Waals surface area contributed by atoms with Gasteiger partial charge in [-0.1, -0.05) is 27.7 Å². The molecular formula is C34H32F6N4O3S4. The molecular weight excluding hydrogens is 755 g/mol. The van der Waals surface area contributed by atoms with Crippen molar-refractivity contribution in [2.45, 2.75) is 71.1 Å². The summed E-state index contributed by atoms with van der Waals surface area (Å²) in [7, 11) is 0. The maximum Gasteiger partial charge on any atom is 0.446 e. The molecule has 0 aliphatic rings. The van der Waals surface area contributed by atoms with Crippen molar-refractivity contribution in [2.24, 2.45) is 0 Å². The van der Waals surface area contributed by atoms with Crippen LogP contribution in [0.5, 0.6) is 5.75 Å². The zero-order valence-electron chi connectivity index (χ0n) is 27.6. The first-order valence-electron chi connectivity index (χ1n) is 15.4. The molecule has 272 valence electrons. The van der Waals surface area contributed by atoms with E-state index in [1.54, 1.807) is 24.2 Å². The Balaban J connectivity index is 0.000000229. The zero-order valence-corrected chi connectivity index (χ0v) is 30.9. The first-order chi connectivity index (χ1) is 24.1. The van der Waals surface area contributed by atoms with E-state index in [9.17, 15) is 36.2 Å². The van der Waals surface area contributed by atoms with Crippen LogP contribution in [0.1, 0.15) is 49.3 Å². The van der Waals surface area contributed by atoms with Gasteiger partial charge in [-0.3, -0.25) is 4.79 Å². The maximum absolute atomic E-state index is 12.5. The SMILES string of the molecule is CCSc1cc(CC)cnc1-c1nc2cc(SC(F)(F)F)ccc2o1.CCSc1cc(CC)cnc1C(=O)Nc1cc(SC(F)(F)F)ccc1O. The van der Waals surface area contributed by atoms with E-state index >= 15 is 0 Å². The number of aromatic hydroxyl groups is 1. The van der Waals surface area contributed by atoms with Crippen LogP contribution in [-0.4, -0.2) is 48.5 Å². The summed E-state index contributed by atoms with van der Waals surface area (Å²) in [6.07, 6.45) is 5.00. The number of nitrogens with one attached hydrogen (secondary N) is 1. The number of hydrogen-bond donors (Lipinski definition) is 2. The minimum absolute atomic E-state index is 0.0808. The summed E-state index contributed by atoms with van der Waals surface area (Å²) in [6.45, 7) is 8.00. The van der Waals surface area contributed by atoms with Crippen LogP contribution in [0.4, 0.5) is 32.0 Å². The fourth-order valence-electron chi connectivity index (χ4n) is 4.42. The number of alkyl halides is 6. The number of nitrogens with zero attached hydrogens (tertiary/aromatic N) is 3. The van der Waals surface area contributed by atoms with Crippen molar-refractivity contribution in [2.75, 3.05) is 16.8 Å². The first kappa shape index (κ1) is 40.2. The number of halogens is 6. The summed E-state index contributed by atoms with van der Waals surface area (Å²) in [4.78, 5) is 27.1. The van der Waals surface area contributed by atoms with Crippen molar-refractivity contribution in [3.8, 4) is 17.3 Å². The third kappa shape index (κ3) is 11.7. The van der Waals surface area contributed by atoms with E-state index in [1.807, 2.05) is 26.8 Å². The molecule has 1 amide bonds. The summed E-state index contributed by atoms with van der Waals surface area (Å²) < 4.78 is 80.8. The van der Waals surface area contributed by atoms with Gasteiger partial charge in [0.05, 0.1) is 5.69 Å². The molecule has 0 aliphatic heterocycles. The fraction of sp³-hybridized carbons (Fsp3) is 0.294. The standard InChI is InChI=1S/C17H17F3N2O2S2.C17H15F3N2OS2/c1-3-10-7-14(25-4-2)15(21-9-10)16(24)22-12-8-11(5-6-13(12)23)26-17(18,19)20;1-3-10-7-14(24-4-2)15(21-9-10)16-22-12-8-11(25-17(18,19)20)5-6-13(12)23-16/h5-9,23H,3-4H2,1-2H3,(H,22,24);5-9H,3-4H2,1-2H3. The highest BCUT2D eigenvalue weighted by atomic mass is 32.2. The molecule has 3 aromatic heterocycles. The van der Waals surface area contributed by atoms with E-state index in [1.165, 1.54) is 30.0 Å². The van der Waals surface area contributed by atoms with Crippen LogP contribution in [-0.2, 0) is 12.8 Å². The Morgan fingerprint density at radius 2 is 1.35 bits per heavy atom. The Labute approximate surface area is 307 Å². The molecule has 17 heteroatoms. The lowest BCUT2D eigenvalue weighted by molar-refractivity contribution is -0.0337. The quantitative estimate of drug-likeness (QED) is 0.0764. The Hall–Kier alpha value is -3.54. The second-order valence-electron chi connectivity index (χ2n) is 10.3. The molecule has 0 bridgehead atoms. The number of anilines is 1. The molecule has 0 aliphatic carbocycles. The summed E-state index contributed by atoms with van der Waals surface area (Å²) in [5, 5.41) is 12.3. The van der Waals surface area contributed by atoms with E-state index in [4.69, 9.17) is 4.42 Å². The zero-order chi connectivity index (χ0) is 37.3. The Kier molecular flexibility index (Phi) is 14.0. The fourth-order valence-corrected chi connectivity index (χ4v) is 7.22. The van der Waals surface area contributed by atoms with Gasteiger partial charge in [-0.2, -0.15) is 26.3 Å². The van der Waals surface area contributed by atoms with Gasteiger partial charge in [-0.25, -0.2) is 15.0 Å². The lowest BCUT2D eigenvalue weighted by atomic mass is 10.2. The third-order valence-corrected chi connectivity index (χ3v) is 9.96. The smallest absolute Gasteiger partial charge is 0.446 e. The maximum atomic E-state index is 12.5. The number of oxazole rings is 1. The topological polar surface area (TPSA) is 101 Å². The van der Waals surface area contributed by atoms with Gasteiger partial charge < -0.3 is 14.8 Å². The van der Waals surface area contributed by atoms with Crippen molar-refractivity contribution >= 4 is 69.7 Å². The number of carbonyl (C=O) groups excluding carboxylic acids is 1. The highest BCUT2D eigenvalue weighted by Gasteiger charge is 2.30. The second kappa shape index (κ2) is 17.8. The van der Waals surface area contributed by atoms with Gasteiger partial charge in [0.2, 0.25) is 5.89 Å². The van der Waals surface area contributed by atoms with E-state index in [0.29, 0.717) is 27.6 Å². The number of benzene rings is 2. The molecule has 5 rings (SSSR count). The van der Waals surface area contributed by atoms with Crippen molar-refractivity contribution in [1.82, 2.24) is 15.0 Å². The van der Waals surface area contributed by atoms with E-state index in [2.05, 4.69) is 33.3 Å². The highest BCUT2D eigenvalue weighted by molar-refractivity contribution is 8.00. The van der Waals surface area contributed by atoms with Crippen molar-refractivity contribution < 1.29 is 40.7 Å². The molecule has 5 aromatic rings. The molecule has 0 atom stereocenters. The van der Waals surface area contributed by atoms with Gasteiger partial charge in [0.15, 0.2) is 5.58 Å². The number of carbonyl (C=O) groups is 1. The average Bonchev–Trinajstić information content (AvgIpc) is 3.48. The van der Waals surface area contributed by atoms with E-state index in [-0.39, 0.29) is 50.4 Å². The van der Waals surface area contributed by atoms with Crippen LogP contribution in [0, 0.1) is 0 Å². The first-order valence-corrected chi connectivity index (χ1v) is 19.0. The minimum atomic E-state index is -4.46. The molecule has 0 unspecified atom stereocenters. The third-order valence-electron chi connectivity index (χ3n) is 6.69. The van der Waals surface area contributed by atoms with E-state index in [0.717, 1.165) is 58.6 Å². The van der Waals surface area contributed by atoms with Crippen LogP contribution < -0.4 is 5.32 Å². The molecule has 0 fully saturated rings. The van der Waals surface area contributed by atoms with Crippen molar-refractivity contribution in [1.29, 1.82) is 0 Å². The lowest BCUT2D eigenvalue weighted by Crippen LogP contribution is -2.15. The van der Waals surface area contributed by atoms with Gasteiger partial charge in [0, 0.05) is 32.0 Å².